The van der Waals surface area contributed by atoms with Crippen molar-refractivity contribution in [2.45, 2.75) is 26.9 Å². The van der Waals surface area contributed by atoms with E-state index in [-0.39, 0.29) is 11.6 Å². The summed E-state index contributed by atoms with van der Waals surface area (Å²) in [7, 11) is 1.46. The molecule has 1 N–H and O–H groups in total. The molecule has 0 saturated carbocycles. The molecule has 0 fully saturated rings. The van der Waals surface area contributed by atoms with E-state index < -0.39 is 0 Å². The van der Waals surface area contributed by atoms with E-state index in [1.165, 1.54) is 13.2 Å². The highest BCUT2D eigenvalue weighted by atomic mass is 19.1. The van der Waals surface area contributed by atoms with Crippen molar-refractivity contribution in [3.05, 3.63) is 47.5 Å². The van der Waals surface area contributed by atoms with Gasteiger partial charge >= 0.3 is 0 Å². The number of hydrogen-bond acceptors (Lipinski definition) is 3. The minimum atomic E-state index is -0.346. The maximum absolute atomic E-state index is 13.6. The van der Waals surface area contributed by atoms with Crippen LogP contribution in [0.4, 0.5) is 4.39 Å². The van der Waals surface area contributed by atoms with Gasteiger partial charge in [0.1, 0.15) is 0 Å². The highest BCUT2D eigenvalue weighted by Gasteiger charge is 2.05. The molecule has 1 heterocycles. The van der Waals surface area contributed by atoms with Crippen LogP contribution < -0.4 is 10.1 Å². The first-order chi connectivity index (χ1) is 10.1. The zero-order chi connectivity index (χ0) is 15.2. The van der Waals surface area contributed by atoms with E-state index in [0.717, 1.165) is 24.2 Å². The standard InChI is InChI=1S/C16H22FN3O/c1-12(2)7-18-8-14-9-19-20(11-14)10-13-4-5-16(21-3)15(17)6-13/h4-6,9,11-12,18H,7-8,10H2,1-3H3. The summed E-state index contributed by atoms with van der Waals surface area (Å²) in [6.07, 6.45) is 3.82. The van der Waals surface area contributed by atoms with E-state index in [2.05, 4.69) is 24.3 Å². The van der Waals surface area contributed by atoms with Crippen molar-refractivity contribution in [2.24, 2.45) is 5.92 Å². The van der Waals surface area contributed by atoms with Gasteiger partial charge < -0.3 is 10.1 Å². The monoisotopic (exact) mass is 291 g/mol. The molecule has 0 atom stereocenters. The molecule has 21 heavy (non-hydrogen) atoms. The van der Waals surface area contributed by atoms with Crippen LogP contribution in [0.5, 0.6) is 5.75 Å². The molecule has 0 spiro atoms. The Hall–Kier alpha value is -1.88. The van der Waals surface area contributed by atoms with E-state index in [0.29, 0.717) is 12.5 Å². The average molecular weight is 291 g/mol. The minimum absolute atomic E-state index is 0.262. The fourth-order valence-corrected chi connectivity index (χ4v) is 2.08. The first kappa shape index (κ1) is 15.5. The van der Waals surface area contributed by atoms with Crippen LogP contribution in [0.3, 0.4) is 0 Å². The van der Waals surface area contributed by atoms with Crippen molar-refractivity contribution < 1.29 is 9.13 Å². The Morgan fingerprint density at radius 1 is 1.33 bits per heavy atom. The van der Waals surface area contributed by atoms with Gasteiger partial charge in [0, 0.05) is 18.3 Å². The summed E-state index contributed by atoms with van der Waals surface area (Å²) >= 11 is 0. The number of benzene rings is 1. The van der Waals surface area contributed by atoms with Crippen LogP contribution in [0, 0.1) is 11.7 Å². The second-order valence-corrected chi connectivity index (χ2v) is 5.54. The lowest BCUT2D eigenvalue weighted by Crippen LogP contribution is -2.18. The first-order valence-electron chi connectivity index (χ1n) is 7.13. The first-order valence-corrected chi connectivity index (χ1v) is 7.13. The predicted molar refractivity (Wildman–Crippen MR) is 80.8 cm³/mol. The third kappa shape index (κ3) is 4.56. The van der Waals surface area contributed by atoms with Gasteiger partial charge in [0.2, 0.25) is 0 Å². The van der Waals surface area contributed by atoms with Crippen molar-refractivity contribution in [3.8, 4) is 5.75 Å². The summed E-state index contributed by atoms with van der Waals surface area (Å²) in [5.74, 6) is 0.543. The van der Waals surface area contributed by atoms with Crippen LogP contribution >= 0.6 is 0 Å². The van der Waals surface area contributed by atoms with Crippen LogP contribution in [0.1, 0.15) is 25.0 Å². The third-order valence-electron chi connectivity index (χ3n) is 3.13. The van der Waals surface area contributed by atoms with E-state index in [9.17, 15) is 4.39 Å². The number of methoxy groups -OCH3 is 1. The zero-order valence-electron chi connectivity index (χ0n) is 12.8. The number of ether oxygens (including phenoxy) is 1. The second kappa shape index (κ2) is 7.22. The Kier molecular flexibility index (Phi) is 5.33. The van der Waals surface area contributed by atoms with Crippen molar-refractivity contribution in [2.75, 3.05) is 13.7 Å². The average Bonchev–Trinajstić information content (AvgIpc) is 2.86. The van der Waals surface area contributed by atoms with Gasteiger partial charge in [0.05, 0.1) is 19.9 Å². The largest absolute Gasteiger partial charge is 0.494 e. The molecule has 1 aromatic carbocycles. The summed E-state index contributed by atoms with van der Waals surface area (Å²) in [5.41, 5.74) is 1.99. The SMILES string of the molecule is COc1ccc(Cn2cc(CNCC(C)C)cn2)cc1F. The maximum Gasteiger partial charge on any atom is 0.165 e. The topological polar surface area (TPSA) is 39.1 Å². The summed E-state index contributed by atoms with van der Waals surface area (Å²) in [6, 6.07) is 4.97. The van der Waals surface area contributed by atoms with Crippen molar-refractivity contribution in [1.29, 1.82) is 0 Å². The Morgan fingerprint density at radius 3 is 2.81 bits per heavy atom. The van der Waals surface area contributed by atoms with E-state index in [1.807, 2.05) is 23.1 Å². The molecule has 114 valence electrons. The Labute approximate surface area is 124 Å². The van der Waals surface area contributed by atoms with Gasteiger partial charge in [0.15, 0.2) is 11.6 Å². The third-order valence-corrected chi connectivity index (χ3v) is 3.13. The van der Waals surface area contributed by atoms with Crippen LogP contribution in [-0.4, -0.2) is 23.4 Å². The van der Waals surface area contributed by atoms with Gasteiger partial charge in [-0.15, -0.1) is 0 Å². The molecule has 0 unspecified atom stereocenters. The summed E-state index contributed by atoms with van der Waals surface area (Å²) in [4.78, 5) is 0. The Bertz CT molecular complexity index is 581. The van der Waals surface area contributed by atoms with E-state index in [4.69, 9.17) is 4.74 Å². The molecule has 0 radical (unpaired) electrons. The number of nitrogens with zero attached hydrogens (tertiary/aromatic N) is 2. The summed E-state index contributed by atoms with van der Waals surface area (Å²) in [5, 5.41) is 7.68. The highest BCUT2D eigenvalue weighted by molar-refractivity contribution is 5.29. The number of rotatable bonds is 7. The number of halogens is 1. The van der Waals surface area contributed by atoms with Gasteiger partial charge in [0.25, 0.3) is 0 Å². The Balaban J connectivity index is 1.94. The zero-order valence-corrected chi connectivity index (χ0v) is 12.8. The van der Waals surface area contributed by atoms with Crippen molar-refractivity contribution >= 4 is 0 Å². The van der Waals surface area contributed by atoms with Gasteiger partial charge in [-0.2, -0.15) is 5.10 Å². The summed E-state index contributed by atoms with van der Waals surface area (Å²) < 4.78 is 20.4. The summed E-state index contributed by atoms with van der Waals surface area (Å²) in [6.45, 7) is 6.68. The fraction of sp³-hybridized carbons (Fsp3) is 0.438. The molecular formula is C16H22FN3O. The lowest BCUT2D eigenvalue weighted by molar-refractivity contribution is 0.386. The van der Waals surface area contributed by atoms with Crippen LogP contribution in [0.25, 0.3) is 0 Å². The molecule has 4 nitrogen and oxygen atoms in total. The molecular weight excluding hydrogens is 269 g/mol. The Morgan fingerprint density at radius 2 is 2.14 bits per heavy atom. The number of nitrogens with one attached hydrogen (secondary N) is 1. The molecule has 0 aliphatic heterocycles. The van der Waals surface area contributed by atoms with E-state index >= 15 is 0 Å². The molecule has 5 heteroatoms. The van der Waals surface area contributed by atoms with Gasteiger partial charge in [-0.3, -0.25) is 4.68 Å². The lowest BCUT2D eigenvalue weighted by Gasteiger charge is -2.06. The molecule has 0 amide bonds. The maximum atomic E-state index is 13.6. The fourth-order valence-electron chi connectivity index (χ4n) is 2.08. The van der Waals surface area contributed by atoms with Crippen LogP contribution in [0.2, 0.25) is 0 Å². The second-order valence-electron chi connectivity index (χ2n) is 5.54. The quantitative estimate of drug-likeness (QED) is 0.852. The van der Waals surface area contributed by atoms with Crippen LogP contribution in [0.15, 0.2) is 30.6 Å². The van der Waals surface area contributed by atoms with Gasteiger partial charge in [-0.1, -0.05) is 19.9 Å². The normalized spacial score (nSPS) is 11.1. The van der Waals surface area contributed by atoms with Gasteiger partial charge in [-0.05, 0) is 30.2 Å². The molecule has 2 aromatic rings. The smallest absolute Gasteiger partial charge is 0.165 e. The van der Waals surface area contributed by atoms with E-state index in [1.54, 1.807) is 6.07 Å². The minimum Gasteiger partial charge on any atom is -0.494 e. The molecule has 0 aliphatic rings. The van der Waals surface area contributed by atoms with Crippen LogP contribution in [-0.2, 0) is 13.1 Å². The van der Waals surface area contributed by atoms with Gasteiger partial charge in [-0.25, -0.2) is 4.39 Å². The number of aromatic nitrogens is 2. The van der Waals surface area contributed by atoms with Crippen molar-refractivity contribution in [3.63, 3.8) is 0 Å². The number of hydrogen-bond donors (Lipinski definition) is 1. The van der Waals surface area contributed by atoms with Crippen molar-refractivity contribution in [1.82, 2.24) is 15.1 Å². The predicted octanol–water partition coefficient (Wildman–Crippen LogP) is 2.82. The molecule has 0 bridgehead atoms. The lowest BCUT2D eigenvalue weighted by atomic mass is 10.2. The highest BCUT2D eigenvalue weighted by Crippen LogP contribution is 2.18. The molecule has 1 aromatic heterocycles. The molecule has 0 aliphatic carbocycles. The molecule has 2 rings (SSSR count). The molecule has 0 saturated heterocycles.